The van der Waals surface area contributed by atoms with E-state index in [2.05, 4.69) is 10.3 Å². The van der Waals surface area contributed by atoms with E-state index in [4.69, 9.17) is 0 Å². The zero-order valence-corrected chi connectivity index (χ0v) is 10.0. The highest BCUT2D eigenvalue weighted by Crippen LogP contribution is 2.17. The van der Waals surface area contributed by atoms with Gasteiger partial charge in [-0.15, -0.1) is 0 Å². The summed E-state index contributed by atoms with van der Waals surface area (Å²) in [5, 5.41) is 13.8. The molecule has 0 bridgehead atoms. The van der Waals surface area contributed by atoms with Crippen LogP contribution in [0.25, 0.3) is 0 Å². The fourth-order valence-corrected chi connectivity index (χ4v) is 1.73. The maximum absolute atomic E-state index is 12.9. The molecule has 0 aliphatic rings. The molecule has 0 amide bonds. The largest absolute Gasteiger partial charge is 0.308 e. The zero-order chi connectivity index (χ0) is 13.7. The first kappa shape index (κ1) is 13.1. The number of nitrogens with zero attached hydrogens (tertiary/aromatic N) is 2. The molecule has 0 unspecified atom stereocenters. The summed E-state index contributed by atoms with van der Waals surface area (Å²) in [6, 6.07) is 7.89. The lowest BCUT2D eigenvalue weighted by Crippen LogP contribution is -2.14. The number of nitrogens with one attached hydrogen (secondary N) is 1. The molecule has 5 nitrogen and oxygen atoms in total. The Balaban J connectivity index is 1.98. The smallest absolute Gasteiger partial charge is 0.273 e. The Hall–Kier alpha value is -2.34. The van der Waals surface area contributed by atoms with Crippen molar-refractivity contribution in [1.29, 1.82) is 0 Å². The van der Waals surface area contributed by atoms with E-state index >= 15 is 0 Å². The summed E-state index contributed by atoms with van der Waals surface area (Å²) in [5.74, 6) is -0.398. The second-order valence-electron chi connectivity index (χ2n) is 4.00. The van der Waals surface area contributed by atoms with E-state index in [0.29, 0.717) is 24.2 Å². The predicted octanol–water partition coefficient (Wildman–Crippen LogP) is 2.42. The van der Waals surface area contributed by atoms with E-state index in [0.717, 1.165) is 6.20 Å². The van der Waals surface area contributed by atoms with Crippen LogP contribution in [-0.2, 0) is 13.1 Å². The molecule has 0 aliphatic carbocycles. The number of nitro groups is 1. The van der Waals surface area contributed by atoms with Gasteiger partial charge in [-0.2, -0.15) is 0 Å². The van der Waals surface area contributed by atoms with Crippen LogP contribution in [0.3, 0.4) is 0 Å². The first-order valence-corrected chi connectivity index (χ1v) is 5.69. The Morgan fingerprint density at radius 1 is 1.26 bits per heavy atom. The highest BCUT2D eigenvalue weighted by Gasteiger charge is 2.11. The molecule has 0 atom stereocenters. The van der Waals surface area contributed by atoms with Gasteiger partial charge in [-0.25, -0.2) is 4.39 Å². The van der Waals surface area contributed by atoms with Crippen LogP contribution in [0.4, 0.5) is 10.1 Å². The molecule has 1 N–H and O–H groups in total. The summed E-state index contributed by atoms with van der Waals surface area (Å²) in [6.07, 6.45) is 2.68. The lowest BCUT2D eigenvalue weighted by Gasteiger charge is -2.05. The van der Waals surface area contributed by atoms with Crippen molar-refractivity contribution in [2.24, 2.45) is 0 Å². The zero-order valence-electron chi connectivity index (χ0n) is 10.0. The van der Waals surface area contributed by atoms with Crippen LogP contribution in [0.1, 0.15) is 11.1 Å². The van der Waals surface area contributed by atoms with E-state index < -0.39 is 10.7 Å². The summed E-state index contributed by atoms with van der Waals surface area (Å²) >= 11 is 0. The number of pyridine rings is 1. The molecule has 1 heterocycles. The number of para-hydroxylation sites is 1. The summed E-state index contributed by atoms with van der Waals surface area (Å²) < 4.78 is 12.9. The van der Waals surface area contributed by atoms with Gasteiger partial charge in [0.25, 0.3) is 5.69 Å². The minimum absolute atomic E-state index is 0.0763. The molecule has 98 valence electrons. The third-order valence-electron chi connectivity index (χ3n) is 2.59. The van der Waals surface area contributed by atoms with Gasteiger partial charge in [0.05, 0.1) is 11.1 Å². The normalized spacial score (nSPS) is 10.4. The Labute approximate surface area is 109 Å². The lowest BCUT2D eigenvalue weighted by atomic mass is 10.2. The van der Waals surface area contributed by atoms with Crippen LogP contribution in [0, 0.1) is 15.9 Å². The second-order valence-corrected chi connectivity index (χ2v) is 4.00. The Bertz CT molecular complexity index is 590. The molecule has 0 saturated carbocycles. The number of halogens is 1. The minimum Gasteiger partial charge on any atom is -0.308 e. The molecule has 0 radical (unpaired) electrons. The van der Waals surface area contributed by atoms with Gasteiger partial charge in [0.1, 0.15) is 5.82 Å². The molecule has 0 saturated heterocycles. The molecule has 1 aromatic carbocycles. The van der Waals surface area contributed by atoms with Crippen LogP contribution in [0.5, 0.6) is 0 Å². The molecule has 6 heteroatoms. The molecular formula is C13H12FN3O2. The van der Waals surface area contributed by atoms with Crippen LogP contribution >= 0.6 is 0 Å². The van der Waals surface area contributed by atoms with Crippen molar-refractivity contribution >= 4 is 5.69 Å². The SMILES string of the molecule is O=[N+]([O-])c1ccccc1CNCc1cncc(F)c1. The van der Waals surface area contributed by atoms with Gasteiger partial charge in [-0.3, -0.25) is 15.1 Å². The molecule has 0 spiro atoms. The number of rotatable bonds is 5. The van der Waals surface area contributed by atoms with Gasteiger partial charge in [-0.1, -0.05) is 18.2 Å². The van der Waals surface area contributed by atoms with Crippen molar-refractivity contribution in [3.8, 4) is 0 Å². The Morgan fingerprint density at radius 3 is 2.79 bits per heavy atom. The van der Waals surface area contributed by atoms with Gasteiger partial charge in [0.2, 0.25) is 0 Å². The van der Waals surface area contributed by atoms with Crippen molar-refractivity contribution in [3.05, 3.63) is 69.8 Å². The fraction of sp³-hybridized carbons (Fsp3) is 0.154. The van der Waals surface area contributed by atoms with Crippen molar-refractivity contribution in [2.45, 2.75) is 13.1 Å². The average Bonchev–Trinajstić information content (AvgIpc) is 2.39. The first-order valence-electron chi connectivity index (χ1n) is 5.69. The minimum atomic E-state index is -0.416. The molecule has 0 aliphatic heterocycles. The molecule has 2 rings (SSSR count). The van der Waals surface area contributed by atoms with Gasteiger partial charge in [0.15, 0.2) is 0 Å². The monoisotopic (exact) mass is 261 g/mol. The van der Waals surface area contributed by atoms with Gasteiger partial charge >= 0.3 is 0 Å². The fourth-order valence-electron chi connectivity index (χ4n) is 1.73. The molecule has 19 heavy (non-hydrogen) atoms. The summed E-state index contributed by atoms with van der Waals surface area (Å²) in [6.45, 7) is 0.741. The number of hydrogen-bond donors (Lipinski definition) is 1. The van der Waals surface area contributed by atoms with Crippen LogP contribution < -0.4 is 5.32 Å². The summed E-state index contributed by atoms with van der Waals surface area (Å²) in [5.41, 5.74) is 1.36. The van der Waals surface area contributed by atoms with E-state index in [9.17, 15) is 14.5 Å². The molecule has 0 fully saturated rings. The number of benzene rings is 1. The Morgan fingerprint density at radius 2 is 2.05 bits per heavy atom. The van der Waals surface area contributed by atoms with Gasteiger partial charge in [-0.05, 0) is 11.6 Å². The number of aromatic nitrogens is 1. The van der Waals surface area contributed by atoms with Crippen LogP contribution in [0.2, 0.25) is 0 Å². The van der Waals surface area contributed by atoms with Crippen LogP contribution in [-0.4, -0.2) is 9.91 Å². The quantitative estimate of drug-likeness (QED) is 0.663. The topological polar surface area (TPSA) is 68.1 Å². The highest BCUT2D eigenvalue weighted by molar-refractivity contribution is 5.39. The van der Waals surface area contributed by atoms with Crippen LogP contribution in [0.15, 0.2) is 42.7 Å². The van der Waals surface area contributed by atoms with E-state index in [1.807, 2.05) is 0 Å². The summed E-state index contributed by atoms with van der Waals surface area (Å²) in [7, 11) is 0. The van der Waals surface area contributed by atoms with Crippen molar-refractivity contribution in [3.63, 3.8) is 0 Å². The number of hydrogen-bond acceptors (Lipinski definition) is 4. The van der Waals surface area contributed by atoms with Gasteiger partial charge < -0.3 is 5.32 Å². The van der Waals surface area contributed by atoms with E-state index in [1.165, 1.54) is 12.1 Å². The number of nitro benzene ring substituents is 1. The standard InChI is InChI=1S/C13H12FN3O2/c14-12-5-10(7-16-9-12)6-15-8-11-3-1-2-4-13(11)17(18)19/h1-5,7,9,15H,6,8H2. The van der Waals surface area contributed by atoms with Gasteiger partial charge in [0, 0.05) is 30.9 Å². The maximum Gasteiger partial charge on any atom is 0.273 e. The first-order chi connectivity index (χ1) is 9.16. The van der Waals surface area contributed by atoms with E-state index in [-0.39, 0.29) is 5.69 Å². The third kappa shape index (κ3) is 3.56. The van der Waals surface area contributed by atoms with E-state index in [1.54, 1.807) is 24.4 Å². The second kappa shape index (κ2) is 6.01. The molecular weight excluding hydrogens is 249 g/mol. The lowest BCUT2D eigenvalue weighted by molar-refractivity contribution is -0.385. The van der Waals surface area contributed by atoms with Crippen molar-refractivity contribution in [1.82, 2.24) is 10.3 Å². The molecule has 1 aromatic heterocycles. The molecule has 2 aromatic rings. The maximum atomic E-state index is 12.9. The van der Waals surface area contributed by atoms with Crippen molar-refractivity contribution in [2.75, 3.05) is 0 Å². The average molecular weight is 261 g/mol. The van der Waals surface area contributed by atoms with Crippen molar-refractivity contribution < 1.29 is 9.31 Å². The summed E-state index contributed by atoms with van der Waals surface area (Å²) in [4.78, 5) is 14.1. The predicted molar refractivity (Wildman–Crippen MR) is 67.8 cm³/mol. The third-order valence-corrected chi connectivity index (χ3v) is 2.59. The highest BCUT2D eigenvalue weighted by atomic mass is 19.1. The Kier molecular flexibility index (Phi) is 4.15.